The molecule has 0 spiro atoms. The zero-order chi connectivity index (χ0) is 18.6. The van der Waals surface area contributed by atoms with Gasteiger partial charge in [-0.1, -0.05) is 30.3 Å². The largest absolute Gasteiger partial charge is 0.494 e. The van der Waals surface area contributed by atoms with E-state index in [1.165, 1.54) is 0 Å². The molecule has 0 aromatic heterocycles. The molecule has 2 aromatic rings. The van der Waals surface area contributed by atoms with E-state index in [9.17, 15) is 9.59 Å². The second-order valence-electron chi connectivity index (χ2n) is 5.83. The Bertz CT molecular complexity index is 693. The van der Waals surface area contributed by atoms with Gasteiger partial charge in [-0.3, -0.25) is 9.59 Å². The van der Waals surface area contributed by atoms with Crippen molar-refractivity contribution in [2.24, 2.45) is 5.73 Å². The van der Waals surface area contributed by atoms with Crippen LogP contribution in [0.25, 0.3) is 0 Å². The summed E-state index contributed by atoms with van der Waals surface area (Å²) in [6, 6.07) is 16.9. The fraction of sp³-hybridized carbons (Fsp3) is 0.300. The highest BCUT2D eigenvalue weighted by atomic mass is 35.5. The summed E-state index contributed by atoms with van der Waals surface area (Å²) in [5.41, 5.74) is 7.02. The zero-order valence-electron chi connectivity index (χ0n) is 15.1. The van der Waals surface area contributed by atoms with Gasteiger partial charge in [0.15, 0.2) is 0 Å². The number of nitrogens with two attached hydrogens (primary N) is 1. The van der Waals surface area contributed by atoms with Gasteiger partial charge >= 0.3 is 0 Å². The molecular weight excluding hydrogens is 366 g/mol. The monoisotopic (exact) mass is 391 g/mol. The fourth-order valence-electron chi connectivity index (χ4n) is 2.29. The van der Waals surface area contributed by atoms with Crippen LogP contribution in [0.1, 0.15) is 24.8 Å². The Morgan fingerprint density at radius 2 is 1.63 bits per heavy atom. The summed E-state index contributed by atoms with van der Waals surface area (Å²) >= 11 is 0. The van der Waals surface area contributed by atoms with E-state index in [4.69, 9.17) is 10.5 Å². The lowest BCUT2D eigenvalue weighted by Gasteiger charge is -2.08. The lowest BCUT2D eigenvalue weighted by molar-refractivity contribution is -0.121. The first-order valence-electron chi connectivity index (χ1n) is 8.71. The average molecular weight is 392 g/mol. The minimum absolute atomic E-state index is 0. The van der Waals surface area contributed by atoms with Crippen molar-refractivity contribution in [3.63, 3.8) is 0 Å². The van der Waals surface area contributed by atoms with Gasteiger partial charge in [0.2, 0.25) is 11.8 Å². The summed E-state index contributed by atoms with van der Waals surface area (Å²) in [6.45, 7) is 1.29. The Morgan fingerprint density at radius 3 is 2.30 bits per heavy atom. The molecule has 0 radical (unpaired) electrons. The standard InChI is InChI=1S/C20H25N3O3.ClH/c21-13-12-19(24)22-15-16-8-10-17(11-9-16)23-20(25)7-4-14-26-18-5-2-1-3-6-18;/h1-3,5-6,8-11H,4,7,12-15,21H2,(H,22,24)(H,23,25);1H. The number of para-hydroxylation sites is 1. The van der Waals surface area contributed by atoms with Crippen molar-refractivity contribution in [2.75, 3.05) is 18.5 Å². The average Bonchev–Trinajstić information content (AvgIpc) is 2.66. The first-order chi connectivity index (χ1) is 12.7. The van der Waals surface area contributed by atoms with Crippen LogP contribution in [0.2, 0.25) is 0 Å². The number of hydrogen-bond acceptors (Lipinski definition) is 4. The molecular formula is C20H26ClN3O3. The van der Waals surface area contributed by atoms with E-state index < -0.39 is 0 Å². The van der Waals surface area contributed by atoms with E-state index in [-0.39, 0.29) is 24.2 Å². The summed E-state index contributed by atoms with van der Waals surface area (Å²) in [5, 5.41) is 5.64. The molecule has 146 valence electrons. The van der Waals surface area contributed by atoms with Gasteiger partial charge in [0.05, 0.1) is 6.61 Å². The first kappa shape index (κ1) is 22.5. The number of halogens is 1. The predicted molar refractivity (Wildman–Crippen MR) is 109 cm³/mol. The Labute approximate surface area is 165 Å². The number of nitrogens with one attached hydrogen (secondary N) is 2. The third-order valence-electron chi connectivity index (χ3n) is 3.66. The zero-order valence-corrected chi connectivity index (χ0v) is 16.0. The minimum atomic E-state index is -0.0670. The molecule has 0 saturated carbocycles. The molecule has 0 aliphatic heterocycles. The van der Waals surface area contributed by atoms with Gasteiger partial charge in [0.1, 0.15) is 5.75 Å². The summed E-state index contributed by atoms with van der Waals surface area (Å²) < 4.78 is 5.56. The third-order valence-corrected chi connectivity index (χ3v) is 3.66. The van der Waals surface area contributed by atoms with Crippen molar-refractivity contribution in [3.05, 3.63) is 60.2 Å². The molecule has 0 atom stereocenters. The molecule has 0 bridgehead atoms. The molecule has 0 heterocycles. The molecule has 7 heteroatoms. The van der Waals surface area contributed by atoms with Crippen molar-refractivity contribution in [1.29, 1.82) is 0 Å². The third kappa shape index (κ3) is 9.08. The maximum Gasteiger partial charge on any atom is 0.224 e. The molecule has 6 nitrogen and oxygen atoms in total. The summed E-state index contributed by atoms with van der Waals surface area (Å²) in [4.78, 5) is 23.3. The smallest absolute Gasteiger partial charge is 0.224 e. The number of carbonyl (C=O) groups excluding carboxylic acids is 2. The SMILES string of the molecule is Cl.NCCC(=O)NCc1ccc(NC(=O)CCCOc2ccccc2)cc1. The number of anilines is 1. The van der Waals surface area contributed by atoms with Crippen LogP contribution in [0.5, 0.6) is 5.75 Å². The number of amides is 2. The van der Waals surface area contributed by atoms with Crippen LogP contribution in [-0.4, -0.2) is 25.0 Å². The second kappa shape index (κ2) is 12.7. The van der Waals surface area contributed by atoms with Crippen LogP contribution in [0.15, 0.2) is 54.6 Å². The van der Waals surface area contributed by atoms with Crippen molar-refractivity contribution in [2.45, 2.75) is 25.8 Å². The Kier molecular flexibility index (Phi) is 10.6. The molecule has 0 fully saturated rings. The maximum atomic E-state index is 12.0. The highest BCUT2D eigenvalue weighted by Crippen LogP contribution is 2.11. The molecule has 0 saturated heterocycles. The van der Waals surface area contributed by atoms with Gasteiger partial charge in [0, 0.05) is 31.6 Å². The van der Waals surface area contributed by atoms with Gasteiger partial charge in [0.25, 0.3) is 0 Å². The van der Waals surface area contributed by atoms with Crippen LogP contribution in [0.4, 0.5) is 5.69 Å². The molecule has 2 amide bonds. The second-order valence-corrected chi connectivity index (χ2v) is 5.83. The van der Waals surface area contributed by atoms with E-state index >= 15 is 0 Å². The highest BCUT2D eigenvalue weighted by Gasteiger charge is 2.04. The van der Waals surface area contributed by atoms with E-state index in [0.29, 0.717) is 39.0 Å². The summed E-state index contributed by atoms with van der Waals surface area (Å²) in [7, 11) is 0. The molecule has 0 unspecified atom stereocenters. The molecule has 2 rings (SSSR count). The Balaban J connectivity index is 0.00000364. The predicted octanol–water partition coefficient (Wildman–Crippen LogP) is 2.87. The molecule has 0 aliphatic rings. The highest BCUT2D eigenvalue weighted by molar-refractivity contribution is 5.90. The van der Waals surface area contributed by atoms with Crippen molar-refractivity contribution >= 4 is 29.9 Å². The molecule has 2 aromatic carbocycles. The van der Waals surface area contributed by atoms with Gasteiger partial charge < -0.3 is 21.1 Å². The lowest BCUT2D eigenvalue weighted by Crippen LogP contribution is -2.24. The van der Waals surface area contributed by atoms with Crippen LogP contribution in [-0.2, 0) is 16.1 Å². The number of ether oxygens (including phenoxy) is 1. The van der Waals surface area contributed by atoms with E-state index in [1.54, 1.807) is 0 Å². The van der Waals surface area contributed by atoms with Crippen LogP contribution in [0, 0.1) is 0 Å². The minimum Gasteiger partial charge on any atom is -0.494 e. The van der Waals surface area contributed by atoms with Gasteiger partial charge in [-0.05, 0) is 36.2 Å². The normalized spacial score (nSPS) is 9.81. The summed E-state index contributed by atoms with van der Waals surface area (Å²) in [6.07, 6.45) is 1.36. The van der Waals surface area contributed by atoms with Crippen LogP contribution in [0.3, 0.4) is 0 Å². The van der Waals surface area contributed by atoms with Crippen molar-refractivity contribution in [3.8, 4) is 5.75 Å². The van der Waals surface area contributed by atoms with Crippen molar-refractivity contribution in [1.82, 2.24) is 5.32 Å². The van der Waals surface area contributed by atoms with Gasteiger partial charge in [-0.15, -0.1) is 12.4 Å². The Hall–Kier alpha value is -2.57. The molecule has 27 heavy (non-hydrogen) atoms. The fourth-order valence-corrected chi connectivity index (χ4v) is 2.29. The number of hydrogen-bond donors (Lipinski definition) is 3. The van der Waals surface area contributed by atoms with Crippen molar-refractivity contribution < 1.29 is 14.3 Å². The van der Waals surface area contributed by atoms with Crippen LogP contribution >= 0.6 is 12.4 Å². The van der Waals surface area contributed by atoms with E-state index in [1.807, 2.05) is 54.6 Å². The van der Waals surface area contributed by atoms with E-state index in [2.05, 4.69) is 10.6 Å². The molecule has 0 aliphatic carbocycles. The quantitative estimate of drug-likeness (QED) is 0.543. The number of benzene rings is 2. The number of rotatable bonds is 10. The summed E-state index contributed by atoms with van der Waals surface area (Å²) in [5.74, 6) is 0.690. The number of carbonyl (C=O) groups is 2. The first-order valence-corrected chi connectivity index (χ1v) is 8.71. The van der Waals surface area contributed by atoms with Crippen LogP contribution < -0.4 is 21.1 Å². The van der Waals surface area contributed by atoms with E-state index in [0.717, 1.165) is 17.0 Å². The molecule has 4 N–H and O–H groups in total. The van der Waals surface area contributed by atoms with Gasteiger partial charge in [-0.2, -0.15) is 0 Å². The maximum absolute atomic E-state index is 12.0. The lowest BCUT2D eigenvalue weighted by atomic mass is 10.2. The van der Waals surface area contributed by atoms with Gasteiger partial charge in [-0.25, -0.2) is 0 Å². The topological polar surface area (TPSA) is 93.5 Å². The Morgan fingerprint density at radius 1 is 0.926 bits per heavy atom.